The molecule has 0 bridgehead atoms. The van der Waals surface area contributed by atoms with Gasteiger partial charge in [-0.1, -0.05) is 36.2 Å². The smallest absolute Gasteiger partial charge is 0.243 e. The molecule has 0 amide bonds. The van der Waals surface area contributed by atoms with Crippen LogP contribution in [0.4, 0.5) is 0 Å². The van der Waals surface area contributed by atoms with E-state index in [2.05, 4.69) is 12.1 Å². The van der Waals surface area contributed by atoms with E-state index in [0.717, 1.165) is 30.5 Å². The minimum absolute atomic E-state index is 0.0296. The summed E-state index contributed by atoms with van der Waals surface area (Å²) in [5.41, 5.74) is 1.92. The number of oxime groups is 1. The van der Waals surface area contributed by atoms with Crippen molar-refractivity contribution in [3.05, 3.63) is 29.8 Å². The fourth-order valence-corrected chi connectivity index (χ4v) is 4.84. The van der Waals surface area contributed by atoms with Gasteiger partial charge in [-0.2, -0.15) is 4.31 Å². The van der Waals surface area contributed by atoms with Gasteiger partial charge >= 0.3 is 0 Å². The standard InChI is InChI=1S/C16H22N2O3S/c1-3-4-14-9-13-11-21-17-16(13)10-18(14)22(19,20)15-7-5-12(2)6-8-15/h5-8,13-14H,3-4,9-11H2,1-2H3/t13-,14+/m1/s1. The molecule has 1 aromatic rings. The zero-order chi connectivity index (χ0) is 15.7. The predicted octanol–water partition coefficient (Wildman–Crippen LogP) is 2.56. The van der Waals surface area contributed by atoms with Gasteiger partial charge in [-0.15, -0.1) is 0 Å². The molecule has 2 atom stereocenters. The first-order valence-corrected chi connectivity index (χ1v) is 9.23. The van der Waals surface area contributed by atoms with Crippen LogP contribution in [0.2, 0.25) is 0 Å². The summed E-state index contributed by atoms with van der Waals surface area (Å²) >= 11 is 0. The minimum atomic E-state index is -3.49. The molecule has 6 heteroatoms. The van der Waals surface area contributed by atoms with Crippen molar-refractivity contribution in [3.63, 3.8) is 0 Å². The largest absolute Gasteiger partial charge is 0.395 e. The molecule has 1 fully saturated rings. The van der Waals surface area contributed by atoms with Gasteiger partial charge in [-0.3, -0.25) is 0 Å². The fraction of sp³-hybridized carbons (Fsp3) is 0.562. The summed E-state index contributed by atoms with van der Waals surface area (Å²) in [5, 5.41) is 4.03. The Bertz CT molecular complexity index is 667. The Kier molecular flexibility index (Phi) is 4.23. The molecule has 0 radical (unpaired) electrons. The molecule has 0 N–H and O–H groups in total. The van der Waals surface area contributed by atoms with Crippen molar-refractivity contribution in [1.82, 2.24) is 4.31 Å². The summed E-state index contributed by atoms with van der Waals surface area (Å²) < 4.78 is 27.6. The molecule has 2 heterocycles. The number of rotatable bonds is 4. The lowest BCUT2D eigenvalue weighted by Gasteiger charge is -2.36. The van der Waals surface area contributed by atoms with Crippen molar-refractivity contribution in [2.24, 2.45) is 11.1 Å². The molecule has 1 saturated heterocycles. The Balaban J connectivity index is 1.93. The molecule has 120 valence electrons. The first-order valence-electron chi connectivity index (χ1n) is 7.79. The SMILES string of the molecule is CCC[C@H]1C[C@@H]2CON=C2CN1S(=O)(=O)c1ccc(C)cc1. The lowest BCUT2D eigenvalue weighted by Crippen LogP contribution is -2.50. The molecule has 2 aliphatic rings. The maximum atomic E-state index is 13.0. The van der Waals surface area contributed by atoms with Crippen molar-refractivity contribution < 1.29 is 13.3 Å². The average molecular weight is 322 g/mol. The molecule has 0 aromatic heterocycles. The highest BCUT2D eigenvalue weighted by Crippen LogP contribution is 2.32. The second-order valence-corrected chi connectivity index (χ2v) is 8.01. The van der Waals surface area contributed by atoms with Gasteiger partial charge in [0, 0.05) is 12.0 Å². The topological polar surface area (TPSA) is 59.0 Å². The third-order valence-corrected chi connectivity index (χ3v) is 6.37. The van der Waals surface area contributed by atoms with Gasteiger partial charge in [0.25, 0.3) is 0 Å². The van der Waals surface area contributed by atoms with Crippen LogP contribution in [0.3, 0.4) is 0 Å². The van der Waals surface area contributed by atoms with Gasteiger partial charge in [0.05, 0.1) is 17.2 Å². The van der Waals surface area contributed by atoms with Crippen molar-refractivity contribution in [3.8, 4) is 0 Å². The summed E-state index contributed by atoms with van der Waals surface area (Å²) in [6.45, 7) is 4.98. The van der Waals surface area contributed by atoms with Crippen LogP contribution < -0.4 is 0 Å². The molecule has 1 aromatic carbocycles. The van der Waals surface area contributed by atoms with Gasteiger partial charge in [0.2, 0.25) is 10.0 Å². The van der Waals surface area contributed by atoms with Crippen LogP contribution in [0.25, 0.3) is 0 Å². The van der Waals surface area contributed by atoms with Crippen LogP contribution in [0, 0.1) is 12.8 Å². The first kappa shape index (κ1) is 15.5. The van der Waals surface area contributed by atoms with Crippen LogP contribution in [-0.2, 0) is 14.9 Å². The highest BCUT2D eigenvalue weighted by molar-refractivity contribution is 7.89. The van der Waals surface area contributed by atoms with Crippen molar-refractivity contribution in [2.45, 2.75) is 44.0 Å². The summed E-state index contributed by atoms with van der Waals surface area (Å²) in [6, 6.07) is 7.08. The number of fused-ring (bicyclic) bond motifs is 1. The zero-order valence-corrected chi connectivity index (χ0v) is 13.8. The highest BCUT2D eigenvalue weighted by Gasteiger charge is 2.41. The summed E-state index contributed by atoms with van der Waals surface area (Å²) in [4.78, 5) is 5.53. The van der Waals surface area contributed by atoms with Crippen LogP contribution in [0.5, 0.6) is 0 Å². The molecule has 22 heavy (non-hydrogen) atoms. The Morgan fingerprint density at radius 1 is 1.32 bits per heavy atom. The van der Waals surface area contributed by atoms with E-state index < -0.39 is 10.0 Å². The number of aryl methyl sites for hydroxylation is 1. The third-order valence-electron chi connectivity index (χ3n) is 4.46. The second-order valence-electron chi connectivity index (χ2n) is 6.12. The molecular weight excluding hydrogens is 300 g/mol. The van der Waals surface area contributed by atoms with E-state index in [-0.39, 0.29) is 12.0 Å². The number of hydrogen-bond acceptors (Lipinski definition) is 4. The Morgan fingerprint density at radius 2 is 2.05 bits per heavy atom. The number of sulfonamides is 1. The second kappa shape index (κ2) is 6.01. The zero-order valence-electron chi connectivity index (χ0n) is 13.0. The maximum Gasteiger partial charge on any atom is 0.243 e. The minimum Gasteiger partial charge on any atom is -0.395 e. The van der Waals surface area contributed by atoms with E-state index in [0.29, 0.717) is 18.0 Å². The number of nitrogens with zero attached hydrogens (tertiary/aromatic N) is 2. The highest BCUT2D eigenvalue weighted by atomic mass is 32.2. The first-order chi connectivity index (χ1) is 10.5. The molecule has 5 nitrogen and oxygen atoms in total. The van der Waals surface area contributed by atoms with Gasteiger partial charge < -0.3 is 4.84 Å². The Morgan fingerprint density at radius 3 is 2.73 bits per heavy atom. The van der Waals surface area contributed by atoms with Crippen LogP contribution in [-0.4, -0.2) is 37.6 Å². The Labute approximate surface area is 132 Å². The average Bonchev–Trinajstić information content (AvgIpc) is 2.94. The van der Waals surface area contributed by atoms with Gasteiger partial charge in [-0.25, -0.2) is 8.42 Å². The lowest BCUT2D eigenvalue weighted by molar-refractivity contribution is 0.144. The third kappa shape index (κ3) is 2.77. The fourth-order valence-electron chi connectivity index (χ4n) is 3.20. The molecular formula is C16H22N2O3S. The molecule has 0 unspecified atom stereocenters. The summed E-state index contributed by atoms with van der Waals surface area (Å²) in [6.07, 6.45) is 2.64. The Hall–Kier alpha value is -1.40. The summed E-state index contributed by atoms with van der Waals surface area (Å²) in [7, 11) is -3.49. The molecule has 0 spiro atoms. The van der Waals surface area contributed by atoms with Crippen LogP contribution in [0.1, 0.15) is 31.7 Å². The predicted molar refractivity (Wildman–Crippen MR) is 85.3 cm³/mol. The van der Waals surface area contributed by atoms with Gasteiger partial charge in [0.1, 0.15) is 6.61 Å². The van der Waals surface area contributed by atoms with Gasteiger partial charge in [-0.05, 0) is 31.9 Å². The molecule has 3 rings (SSSR count). The van der Waals surface area contributed by atoms with E-state index in [1.807, 2.05) is 19.1 Å². The van der Waals surface area contributed by atoms with E-state index in [4.69, 9.17) is 4.84 Å². The number of piperidine rings is 1. The monoisotopic (exact) mass is 322 g/mol. The van der Waals surface area contributed by atoms with Gasteiger partial charge in [0.15, 0.2) is 0 Å². The quantitative estimate of drug-likeness (QED) is 0.856. The van der Waals surface area contributed by atoms with E-state index in [1.165, 1.54) is 0 Å². The molecule has 0 aliphatic carbocycles. The van der Waals surface area contributed by atoms with Crippen LogP contribution >= 0.6 is 0 Å². The van der Waals surface area contributed by atoms with Crippen LogP contribution in [0.15, 0.2) is 34.3 Å². The normalized spacial score (nSPS) is 25.5. The maximum absolute atomic E-state index is 13.0. The number of hydrogen-bond donors (Lipinski definition) is 0. The van der Waals surface area contributed by atoms with E-state index in [9.17, 15) is 8.42 Å². The summed E-state index contributed by atoms with van der Waals surface area (Å²) in [5.74, 6) is 0.279. The number of benzene rings is 1. The molecule has 0 saturated carbocycles. The van der Waals surface area contributed by atoms with Crippen molar-refractivity contribution in [1.29, 1.82) is 0 Å². The van der Waals surface area contributed by atoms with E-state index >= 15 is 0 Å². The van der Waals surface area contributed by atoms with E-state index in [1.54, 1.807) is 16.4 Å². The lowest BCUT2D eigenvalue weighted by atomic mass is 9.90. The van der Waals surface area contributed by atoms with Crippen molar-refractivity contribution in [2.75, 3.05) is 13.2 Å². The molecule has 2 aliphatic heterocycles. The van der Waals surface area contributed by atoms with Crippen molar-refractivity contribution >= 4 is 15.7 Å².